The van der Waals surface area contributed by atoms with Gasteiger partial charge in [0.1, 0.15) is 12.5 Å². The standard InChI is InChI=1S/C31H28N4O5/c1-38-15-16-39-20-40-19-21-9-8-14-24-25(21)17-26-28(34-35(29(24)26)23-12-6-3-7-13-23)30(36)27(18-32)31(37)33-22-10-4-2-5-11-22/h2-14,27H,15-17,19-20H2,1H3,(H,33,37). The summed E-state index contributed by atoms with van der Waals surface area (Å²) in [4.78, 5) is 26.7. The van der Waals surface area contributed by atoms with Crippen LogP contribution in [0.15, 0.2) is 78.9 Å². The molecule has 1 aliphatic rings. The van der Waals surface area contributed by atoms with Gasteiger partial charge in [-0.1, -0.05) is 54.6 Å². The number of nitrogens with zero attached hydrogens (tertiary/aromatic N) is 3. The van der Waals surface area contributed by atoms with Gasteiger partial charge in [0.15, 0.2) is 5.92 Å². The van der Waals surface area contributed by atoms with Crippen LogP contribution in [0.5, 0.6) is 0 Å². The van der Waals surface area contributed by atoms with Crippen molar-refractivity contribution in [3.63, 3.8) is 0 Å². The van der Waals surface area contributed by atoms with Gasteiger partial charge in [-0.15, -0.1) is 0 Å². The molecule has 40 heavy (non-hydrogen) atoms. The molecular formula is C31H28N4O5. The molecule has 0 bridgehead atoms. The highest BCUT2D eigenvalue weighted by Crippen LogP contribution is 2.42. The van der Waals surface area contributed by atoms with Gasteiger partial charge in [-0.2, -0.15) is 10.4 Å². The van der Waals surface area contributed by atoms with E-state index in [4.69, 9.17) is 14.2 Å². The molecule has 1 aliphatic carbocycles. The van der Waals surface area contributed by atoms with E-state index in [0.717, 1.165) is 28.1 Å². The summed E-state index contributed by atoms with van der Waals surface area (Å²) in [6, 6.07) is 26.0. The number of benzene rings is 3. The molecule has 0 radical (unpaired) electrons. The molecule has 1 atom stereocenters. The minimum atomic E-state index is -1.56. The van der Waals surface area contributed by atoms with Crippen molar-refractivity contribution in [1.29, 1.82) is 5.26 Å². The van der Waals surface area contributed by atoms with Gasteiger partial charge in [-0.25, -0.2) is 4.68 Å². The Morgan fingerprint density at radius 3 is 2.45 bits per heavy atom. The lowest BCUT2D eigenvalue weighted by molar-refractivity contribution is -0.117. The highest BCUT2D eigenvalue weighted by Gasteiger charge is 2.37. The zero-order chi connectivity index (χ0) is 27.9. The van der Waals surface area contributed by atoms with Crippen LogP contribution in [0.1, 0.15) is 27.2 Å². The fraction of sp³-hybridized carbons (Fsp3) is 0.226. The van der Waals surface area contributed by atoms with Crippen molar-refractivity contribution in [3.8, 4) is 23.0 Å². The van der Waals surface area contributed by atoms with E-state index >= 15 is 0 Å². The van der Waals surface area contributed by atoms with Gasteiger partial charge in [-0.3, -0.25) is 9.59 Å². The Labute approximate surface area is 231 Å². The number of hydrogen-bond acceptors (Lipinski definition) is 7. The number of Topliss-reactive ketones (excluding diaryl/α,β-unsaturated/α-hetero) is 1. The Kier molecular flexibility index (Phi) is 8.42. The summed E-state index contributed by atoms with van der Waals surface area (Å²) in [5, 5.41) is 17.2. The molecule has 4 aromatic rings. The van der Waals surface area contributed by atoms with Gasteiger partial charge in [0.25, 0.3) is 0 Å². The van der Waals surface area contributed by atoms with E-state index in [1.807, 2.05) is 60.7 Å². The maximum absolute atomic E-state index is 13.7. The predicted octanol–water partition coefficient (Wildman–Crippen LogP) is 4.54. The molecule has 1 unspecified atom stereocenters. The van der Waals surface area contributed by atoms with E-state index in [2.05, 4.69) is 10.4 Å². The van der Waals surface area contributed by atoms with Crippen LogP contribution in [0.4, 0.5) is 5.69 Å². The zero-order valence-electron chi connectivity index (χ0n) is 22.0. The van der Waals surface area contributed by atoms with Gasteiger partial charge in [0.05, 0.1) is 37.3 Å². The van der Waals surface area contributed by atoms with Gasteiger partial charge in [0, 0.05) is 30.3 Å². The second-order valence-electron chi connectivity index (χ2n) is 9.19. The van der Waals surface area contributed by atoms with Crippen LogP contribution in [0.25, 0.3) is 16.9 Å². The number of anilines is 1. The number of carbonyl (C=O) groups is 2. The first kappa shape index (κ1) is 27.0. The SMILES string of the molecule is COCCOCOCc1cccc2c1Cc1c(C(=O)C(C#N)C(=O)Nc3ccccc3)nn(-c3ccccc3)c1-2. The van der Waals surface area contributed by atoms with E-state index in [0.29, 0.717) is 37.5 Å². The average molecular weight is 537 g/mol. The van der Waals surface area contributed by atoms with E-state index in [1.165, 1.54) is 0 Å². The average Bonchev–Trinajstić information content (AvgIpc) is 3.54. The van der Waals surface area contributed by atoms with Crippen molar-refractivity contribution in [3.05, 3.63) is 101 Å². The molecule has 9 heteroatoms. The number of aromatic nitrogens is 2. The number of para-hydroxylation sites is 2. The van der Waals surface area contributed by atoms with Crippen LogP contribution >= 0.6 is 0 Å². The zero-order valence-corrected chi connectivity index (χ0v) is 22.0. The second-order valence-corrected chi connectivity index (χ2v) is 9.19. The Hall–Kier alpha value is -4.62. The molecule has 0 saturated carbocycles. The third-order valence-corrected chi connectivity index (χ3v) is 6.65. The normalized spacial score (nSPS) is 12.3. The smallest absolute Gasteiger partial charge is 0.249 e. The molecule has 1 aromatic heterocycles. The fourth-order valence-electron chi connectivity index (χ4n) is 4.75. The van der Waals surface area contributed by atoms with Crippen LogP contribution in [0, 0.1) is 17.2 Å². The Morgan fingerprint density at radius 2 is 1.73 bits per heavy atom. The molecule has 0 spiro atoms. The van der Waals surface area contributed by atoms with Crippen LogP contribution < -0.4 is 5.32 Å². The predicted molar refractivity (Wildman–Crippen MR) is 148 cm³/mol. The van der Waals surface area contributed by atoms with Crippen LogP contribution in [-0.4, -0.2) is 48.6 Å². The molecule has 5 rings (SSSR count). The van der Waals surface area contributed by atoms with E-state index in [-0.39, 0.29) is 12.5 Å². The van der Waals surface area contributed by atoms with Crippen molar-refractivity contribution < 1.29 is 23.8 Å². The Morgan fingerprint density at radius 1 is 0.975 bits per heavy atom. The number of carbonyl (C=O) groups excluding carboxylic acids is 2. The quantitative estimate of drug-likeness (QED) is 0.108. The number of amides is 1. The molecule has 1 amide bonds. The number of rotatable bonds is 12. The van der Waals surface area contributed by atoms with Crippen molar-refractivity contribution >= 4 is 17.4 Å². The summed E-state index contributed by atoms with van der Waals surface area (Å²) in [5.41, 5.74) is 5.72. The molecule has 202 valence electrons. The van der Waals surface area contributed by atoms with Gasteiger partial charge in [0.2, 0.25) is 11.7 Å². The lowest BCUT2D eigenvalue weighted by Gasteiger charge is -2.12. The van der Waals surface area contributed by atoms with Crippen molar-refractivity contribution in [2.24, 2.45) is 5.92 Å². The number of ketones is 1. The molecule has 3 aromatic carbocycles. The van der Waals surface area contributed by atoms with Crippen LogP contribution in [0.3, 0.4) is 0 Å². The van der Waals surface area contributed by atoms with Crippen molar-refractivity contribution in [2.45, 2.75) is 13.0 Å². The topological polar surface area (TPSA) is 115 Å². The Balaban J connectivity index is 1.47. The maximum Gasteiger partial charge on any atom is 0.249 e. The highest BCUT2D eigenvalue weighted by molar-refractivity contribution is 6.16. The summed E-state index contributed by atoms with van der Waals surface area (Å²) in [6.07, 6.45) is 0.418. The summed E-state index contributed by atoms with van der Waals surface area (Å²) in [6.45, 7) is 1.37. The lowest BCUT2D eigenvalue weighted by atomic mass is 9.98. The molecule has 0 fully saturated rings. The first-order chi connectivity index (χ1) is 19.6. The minimum absolute atomic E-state index is 0.111. The highest BCUT2D eigenvalue weighted by atomic mass is 16.7. The van der Waals surface area contributed by atoms with E-state index in [1.54, 1.807) is 36.1 Å². The molecule has 0 aliphatic heterocycles. The fourth-order valence-corrected chi connectivity index (χ4v) is 4.75. The van der Waals surface area contributed by atoms with Crippen LogP contribution in [0.2, 0.25) is 0 Å². The Bertz CT molecular complexity index is 1540. The largest absolute Gasteiger partial charge is 0.382 e. The second kappa shape index (κ2) is 12.5. The van der Waals surface area contributed by atoms with Gasteiger partial charge >= 0.3 is 0 Å². The number of nitriles is 1. The minimum Gasteiger partial charge on any atom is -0.382 e. The summed E-state index contributed by atoms with van der Waals surface area (Å²) < 4.78 is 17.9. The van der Waals surface area contributed by atoms with Crippen molar-refractivity contribution in [1.82, 2.24) is 9.78 Å². The molecule has 1 heterocycles. The maximum atomic E-state index is 13.7. The molecule has 9 nitrogen and oxygen atoms in total. The van der Waals surface area contributed by atoms with Crippen LogP contribution in [-0.2, 0) is 32.0 Å². The lowest BCUT2D eigenvalue weighted by Crippen LogP contribution is -2.29. The van der Waals surface area contributed by atoms with Crippen molar-refractivity contribution in [2.75, 3.05) is 32.4 Å². The third kappa shape index (κ3) is 5.55. The van der Waals surface area contributed by atoms with Gasteiger partial charge in [-0.05, 0) is 35.4 Å². The monoisotopic (exact) mass is 536 g/mol. The summed E-state index contributed by atoms with van der Waals surface area (Å²) >= 11 is 0. The third-order valence-electron chi connectivity index (χ3n) is 6.65. The molecule has 1 N–H and O–H groups in total. The number of hydrogen-bond donors (Lipinski definition) is 1. The summed E-state index contributed by atoms with van der Waals surface area (Å²) in [5.74, 6) is -2.89. The number of ether oxygens (including phenoxy) is 3. The number of fused-ring (bicyclic) bond motifs is 3. The first-order valence-electron chi connectivity index (χ1n) is 12.8. The summed E-state index contributed by atoms with van der Waals surface area (Å²) in [7, 11) is 1.61. The number of nitrogens with one attached hydrogen (secondary N) is 1. The van der Waals surface area contributed by atoms with E-state index in [9.17, 15) is 14.9 Å². The first-order valence-corrected chi connectivity index (χ1v) is 12.8. The number of methoxy groups -OCH3 is 1. The molecule has 0 saturated heterocycles. The molecular weight excluding hydrogens is 508 g/mol. The van der Waals surface area contributed by atoms with Gasteiger partial charge < -0.3 is 19.5 Å². The van der Waals surface area contributed by atoms with E-state index < -0.39 is 17.6 Å².